The van der Waals surface area contributed by atoms with Crippen molar-refractivity contribution in [2.45, 2.75) is 91.4 Å². The predicted octanol–water partition coefficient (Wildman–Crippen LogP) is 7.20. The predicted molar refractivity (Wildman–Crippen MR) is 179 cm³/mol. The number of likely N-dealkylation sites (tertiary alicyclic amines) is 1. The minimum absolute atomic E-state index is 0.0812. The summed E-state index contributed by atoms with van der Waals surface area (Å²) in [7, 11) is 2.09. The van der Waals surface area contributed by atoms with Crippen LogP contribution in [0.5, 0.6) is 0 Å². The number of allylic oxidation sites excluding steroid dienone is 2. The molecule has 0 bridgehead atoms. The summed E-state index contributed by atoms with van der Waals surface area (Å²) < 4.78 is 15.0. The minimum Gasteiger partial charge on any atom is -0.374 e. The highest BCUT2D eigenvalue weighted by molar-refractivity contribution is 5.77. The quantitative estimate of drug-likeness (QED) is 0.203. The van der Waals surface area contributed by atoms with Crippen LogP contribution in [0.3, 0.4) is 0 Å². The summed E-state index contributed by atoms with van der Waals surface area (Å²) >= 11 is 0. The van der Waals surface area contributed by atoms with E-state index < -0.39 is 0 Å². The van der Waals surface area contributed by atoms with Crippen molar-refractivity contribution in [2.75, 3.05) is 53.0 Å². The molecule has 5 nitrogen and oxygen atoms in total. The fourth-order valence-electron chi connectivity index (χ4n) is 6.08. The van der Waals surface area contributed by atoms with Crippen LogP contribution in [-0.2, 0) is 12.8 Å². The van der Waals surface area contributed by atoms with Gasteiger partial charge in [0, 0.05) is 63.7 Å². The molecule has 2 aliphatic heterocycles. The maximum absolute atomic E-state index is 15.0. The number of benzene rings is 1. The van der Waals surface area contributed by atoms with Gasteiger partial charge in [-0.15, -0.1) is 0 Å². The Bertz CT molecular complexity index is 983. The number of aliphatic imine (C=N–C) groups is 1. The lowest BCUT2D eigenvalue weighted by molar-refractivity contribution is 0.138. The molecule has 1 aromatic carbocycles. The monoisotopic (exact) mass is 581 g/mol. The lowest BCUT2D eigenvalue weighted by Crippen LogP contribution is -2.50. The molecule has 2 N–H and O–H groups in total. The van der Waals surface area contributed by atoms with Crippen molar-refractivity contribution in [3.05, 3.63) is 59.2 Å². The Balaban J connectivity index is 1.30. The van der Waals surface area contributed by atoms with Gasteiger partial charge in [0.2, 0.25) is 0 Å². The molecule has 2 unspecified atom stereocenters. The van der Waals surface area contributed by atoms with E-state index in [2.05, 4.69) is 72.1 Å². The lowest BCUT2D eigenvalue weighted by atomic mass is 9.93. The number of unbranched alkanes of at least 4 members (excludes halogenated alkanes) is 2. The van der Waals surface area contributed by atoms with Gasteiger partial charge in [0.15, 0.2) is 0 Å². The van der Waals surface area contributed by atoms with Crippen LogP contribution in [0.1, 0.15) is 89.7 Å². The fraction of sp³-hybridized carbons (Fsp3) is 0.694. The first kappa shape index (κ1) is 34.3. The van der Waals surface area contributed by atoms with Crippen LogP contribution in [0.15, 0.2) is 47.2 Å². The average molecular weight is 582 g/mol. The molecule has 1 fully saturated rings. The molecule has 0 aliphatic carbocycles. The van der Waals surface area contributed by atoms with Gasteiger partial charge in [-0.2, -0.15) is 0 Å². The molecule has 0 aromatic heterocycles. The number of nitrogens with one attached hydrogen (secondary N) is 2. The molecule has 2 atom stereocenters. The molecule has 1 aromatic rings. The fourth-order valence-corrected chi connectivity index (χ4v) is 6.08. The van der Waals surface area contributed by atoms with E-state index in [1.54, 1.807) is 6.07 Å². The summed E-state index contributed by atoms with van der Waals surface area (Å²) in [5.74, 6) is 2.14. The number of aryl methyl sites for hydroxylation is 1. The smallest absolute Gasteiger partial charge is 0.127 e. The van der Waals surface area contributed by atoms with E-state index in [9.17, 15) is 4.39 Å². The Labute approximate surface area is 257 Å². The van der Waals surface area contributed by atoms with Crippen molar-refractivity contribution in [3.63, 3.8) is 0 Å². The first-order chi connectivity index (χ1) is 20.3. The molecule has 236 valence electrons. The number of halogens is 1. The topological polar surface area (TPSA) is 42.9 Å². The molecule has 1 saturated heterocycles. The van der Waals surface area contributed by atoms with E-state index in [4.69, 9.17) is 0 Å². The molecule has 0 spiro atoms. The molecular formula is C36H60FN5. The van der Waals surface area contributed by atoms with Crippen LogP contribution in [0.2, 0.25) is 0 Å². The third-order valence-corrected chi connectivity index (χ3v) is 9.15. The van der Waals surface area contributed by atoms with Gasteiger partial charge in [0.1, 0.15) is 5.82 Å². The van der Waals surface area contributed by atoms with Crippen LogP contribution in [0, 0.1) is 23.6 Å². The summed E-state index contributed by atoms with van der Waals surface area (Å²) in [6.45, 7) is 18.1. The molecule has 6 heteroatoms. The third-order valence-electron chi connectivity index (χ3n) is 9.15. The van der Waals surface area contributed by atoms with Gasteiger partial charge in [0.25, 0.3) is 0 Å². The summed E-state index contributed by atoms with van der Waals surface area (Å²) in [5.41, 5.74) is 4.11. The lowest BCUT2D eigenvalue weighted by Gasteiger charge is -2.42. The van der Waals surface area contributed by atoms with Crippen molar-refractivity contribution in [2.24, 2.45) is 22.7 Å². The first-order valence-corrected chi connectivity index (χ1v) is 16.8. The van der Waals surface area contributed by atoms with Gasteiger partial charge in [-0.1, -0.05) is 64.7 Å². The molecule has 3 rings (SSSR count). The van der Waals surface area contributed by atoms with Crippen molar-refractivity contribution in [1.29, 1.82) is 0 Å². The molecule has 42 heavy (non-hydrogen) atoms. The normalized spacial score (nSPS) is 21.5. The van der Waals surface area contributed by atoms with Crippen LogP contribution >= 0.6 is 0 Å². The number of hydrogen-bond acceptors (Lipinski definition) is 5. The summed E-state index contributed by atoms with van der Waals surface area (Å²) in [5, 5.41) is 7.19. The second-order valence-corrected chi connectivity index (χ2v) is 13.2. The van der Waals surface area contributed by atoms with E-state index in [1.807, 2.05) is 12.3 Å². The van der Waals surface area contributed by atoms with Gasteiger partial charge in [-0.05, 0) is 86.7 Å². The van der Waals surface area contributed by atoms with E-state index in [0.717, 1.165) is 87.9 Å². The zero-order valence-electron chi connectivity index (χ0n) is 27.3. The maximum Gasteiger partial charge on any atom is 0.127 e. The zero-order chi connectivity index (χ0) is 30.2. The molecule has 2 heterocycles. The maximum atomic E-state index is 15.0. The molecule has 0 radical (unpaired) electrons. The van der Waals surface area contributed by atoms with Crippen LogP contribution in [0.25, 0.3) is 0 Å². The Morgan fingerprint density at radius 3 is 2.79 bits per heavy atom. The summed E-state index contributed by atoms with van der Waals surface area (Å²) in [6, 6.07) is 5.86. The van der Waals surface area contributed by atoms with Crippen molar-refractivity contribution in [1.82, 2.24) is 20.4 Å². The minimum atomic E-state index is -0.0812. The van der Waals surface area contributed by atoms with Gasteiger partial charge < -0.3 is 15.1 Å². The highest BCUT2D eigenvalue weighted by atomic mass is 19.1. The van der Waals surface area contributed by atoms with E-state index in [0.29, 0.717) is 18.3 Å². The van der Waals surface area contributed by atoms with Gasteiger partial charge in [-0.3, -0.25) is 10.3 Å². The highest BCUT2D eigenvalue weighted by Crippen LogP contribution is 2.24. The van der Waals surface area contributed by atoms with Gasteiger partial charge >= 0.3 is 0 Å². The van der Waals surface area contributed by atoms with Crippen LogP contribution in [-0.4, -0.2) is 69.0 Å². The van der Waals surface area contributed by atoms with Gasteiger partial charge in [-0.25, -0.2) is 4.39 Å². The van der Waals surface area contributed by atoms with Crippen molar-refractivity contribution >= 4 is 6.21 Å². The SMILES string of the molecule is C=C(Cc1ccc(CCCCC2CC/N=C\C(C)=C/N(C)CNCC2)cc1F)N1CC(CNCCCCC(C)CC)C1. The van der Waals surface area contributed by atoms with Crippen molar-refractivity contribution < 1.29 is 4.39 Å². The number of rotatable bonds is 16. The Morgan fingerprint density at radius 2 is 2.00 bits per heavy atom. The second kappa shape index (κ2) is 19.2. The first-order valence-electron chi connectivity index (χ1n) is 16.8. The average Bonchev–Trinajstić information content (AvgIpc) is 2.93. The number of hydrogen-bond donors (Lipinski definition) is 2. The van der Waals surface area contributed by atoms with E-state index in [-0.39, 0.29) is 5.82 Å². The standard InChI is InChI=1S/C36H60FN5/c1-6-29(2)11-9-10-18-38-24-34-26-42(27-34)31(4)21-35-15-14-33(22-36(35)37)13-8-7-12-32-16-19-39-23-30(3)25-41(5)28-40-20-17-32/h14-15,22-23,25,29,32,34,38,40H,4,6-13,16-21,24,26-28H2,1-3,5H3/b30-25-,39-23-. The van der Waals surface area contributed by atoms with Crippen molar-refractivity contribution in [3.8, 4) is 0 Å². The number of nitrogens with zero attached hydrogens (tertiary/aromatic N) is 3. The summed E-state index contributed by atoms with van der Waals surface area (Å²) in [6.07, 6.45) is 16.7. The Hall–Kier alpha value is -2.18. The largest absolute Gasteiger partial charge is 0.374 e. The molecule has 0 amide bonds. The van der Waals surface area contributed by atoms with Gasteiger partial charge in [0.05, 0.1) is 6.67 Å². The van der Waals surface area contributed by atoms with E-state index in [1.165, 1.54) is 50.5 Å². The molecule has 2 aliphatic rings. The Morgan fingerprint density at radius 1 is 1.17 bits per heavy atom. The third kappa shape index (κ3) is 13.0. The van der Waals surface area contributed by atoms with Crippen LogP contribution in [0.4, 0.5) is 4.39 Å². The Kier molecular flexibility index (Phi) is 15.7. The molecule has 0 saturated carbocycles. The highest BCUT2D eigenvalue weighted by Gasteiger charge is 2.27. The second-order valence-electron chi connectivity index (χ2n) is 13.2. The van der Waals surface area contributed by atoms with Crippen LogP contribution < -0.4 is 10.6 Å². The zero-order valence-corrected chi connectivity index (χ0v) is 27.3. The van der Waals surface area contributed by atoms with E-state index >= 15 is 0 Å². The summed E-state index contributed by atoms with van der Waals surface area (Å²) in [4.78, 5) is 9.14. The molecular weight excluding hydrogens is 521 g/mol.